The summed E-state index contributed by atoms with van der Waals surface area (Å²) in [7, 11) is 0. The molecule has 0 saturated heterocycles. The third kappa shape index (κ3) is 1.53. The van der Waals surface area contributed by atoms with Gasteiger partial charge in [-0.2, -0.15) is 0 Å². The maximum atomic E-state index is 4.62. The Kier molecular flexibility index (Phi) is 2.33. The zero-order valence-corrected chi connectivity index (χ0v) is 11.1. The van der Waals surface area contributed by atoms with E-state index in [1.165, 1.54) is 0 Å². The molecule has 0 aliphatic rings. The summed E-state index contributed by atoms with van der Waals surface area (Å²) in [5.74, 6) is 0. The molecule has 4 rings (SSSR count). The highest BCUT2D eigenvalue weighted by Crippen LogP contribution is 2.29. The van der Waals surface area contributed by atoms with E-state index in [0.29, 0.717) is 0 Å². The molecule has 0 unspecified atom stereocenters. The molecule has 20 heavy (non-hydrogen) atoms. The summed E-state index contributed by atoms with van der Waals surface area (Å²) in [6.45, 7) is 2.06. The maximum Gasteiger partial charge on any atom is 0.147 e. The van der Waals surface area contributed by atoms with Gasteiger partial charge in [-0.05, 0) is 42.8 Å². The lowest BCUT2D eigenvalue weighted by Gasteiger charge is -2.05. The van der Waals surface area contributed by atoms with Crippen molar-refractivity contribution in [2.24, 2.45) is 0 Å². The van der Waals surface area contributed by atoms with Gasteiger partial charge in [0.2, 0.25) is 0 Å². The van der Waals surface area contributed by atoms with Crippen LogP contribution in [0.3, 0.4) is 0 Å². The van der Waals surface area contributed by atoms with E-state index in [2.05, 4.69) is 45.7 Å². The number of aryl methyl sites for hydroxylation is 1. The van der Waals surface area contributed by atoms with E-state index in [1.54, 1.807) is 0 Å². The van der Waals surface area contributed by atoms with Crippen molar-refractivity contribution >= 4 is 22.1 Å². The highest BCUT2D eigenvalue weighted by molar-refractivity contribution is 6.05. The van der Waals surface area contributed by atoms with Gasteiger partial charge in [-0.15, -0.1) is 0 Å². The highest BCUT2D eigenvalue weighted by Gasteiger charge is 2.13. The molecule has 0 spiro atoms. The molecule has 96 valence electrons. The Morgan fingerprint density at radius 1 is 0.950 bits per heavy atom. The van der Waals surface area contributed by atoms with Gasteiger partial charge < -0.3 is 0 Å². The van der Waals surface area contributed by atoms with Crippen LogP contribution in [-0.2, 0) is 0 Å². The predicted octanol–water partition coefficient (Wildman–Crippen LogP) is 3.88. The van der Waals surface area contributed by atoms with Crippen molar-refractivity contribution in [3.63, 3.8) is 0 Å². The first kappa shape index (κ1) is 11.2. The van der Waals surface area contributed by atoms with Crippen LogP contribution in [0, 0.1) is 6.92 Å². The third-order valence-electron chi connectivity index (χ3n) is 3.51. The lowest BCUT2D eigenvalue weighted by Crippen LogP contribution is -1.94. The van der Waals surface area contributed by atoms with Crippen molar-refractivity contribution in [1.82, 2.24) is 14.5 Å². The van der Waals surface area contributed by atoms with Crippen molar-refractivity contribution in [1.29, 1.82) is 0 Å². The molecule has 1 aromatic carbocycles. The van der Waals surface area contributed by atoms with E-state index in [4.69, 9.17) is 0 Å². The fourth-order valence-electron chi connectivity index (χ4n) is 2.65. The average molecular weight is 259 g/mol. The lowest BCUT2D eigenvalue weighted by atomic mass is 10.2. The first-order valence-corrected chi connectivity index (χ1v) is 6.62. The Morgan fingerprint density at radius 3 is 2.65 bits per heavy atom. The molecule has 0 aliphatic carbocycles. The largest absolute Gasteiger partial charge is 0.292 e. The number of rotatable bonds is 1. The number of nitrogens with zero attached hydrogens (tertiary/aromatic N) is 3. The molecule has 3 heterocycles. The minimum atomic E-state index is 0.954. The number of pyridine rings is 2. The molecule has 0 N–H and O–H groups in total. The summed E-state index contributed by atoms with van der Waals surface area (Å²) in [6, 6.07) is 16.5. The number of para-hydroxylation sites is 1. The second kappa shape index (κ2) is 4.17. The summed E-state index contributed by atoms with van der Waals surface area (Å²) in [4.78, 5) is 9.15. The molecule has 0 bridgehead atoms. The van der Waals surface area contributed by atoms with Crippen molar-refractivity contribution in [2.75, 3.05) is 0 Å². The van der Waals surface area contributed by atoms with Crippen LogP contribution in [0.25, 0.3) is 27.8 Å². The Morgan fingerprint density at radius 2 is 1.80 bits per heavy atom. The van der Waals surface area contributed by atoms with Crippen LogP contribution in [0.5, 0.6) is 0 Å². The number of fused-ring (bicyclic) bond motifs is 3. The fourth-order valence-corrected chi connectivity index (χ4v) is 2.65. The topological polar surface area (TPSA) is 30.7 Å². The van der Waals surface area contributed by atoms with Gasteiger partial charge >= 0.3 is 0 Å². The summed E-state index contributed by atoms with van der Waals surface area (Å²) in [6.07, 6.45) is 3.74. The van der Waals surface area contributed by atoms with Gasteiger partial charge in [0.25, 0.3) is 0 Å². The van der Waals surface area contributed by atoms with Crippen molar-refractivity contribution in [2.45, 2.75) is 6.92 Å². The number of benzene rings is 1. The van der Waals surface area contributed by atoms with Crippen molar-refractivity contribution in [3.8, 4) is 5.69 Å². The van der Waals surface area contributed by atoms with Crippen LogP contribution in [0.2, 0.25) is 0 Å². The second-order valence-corrected chi connectivity index (χ2v) is 4.93. The van der Waals surface area contributed by atoms with E-state index < -0.39 is 0 Å². The average Bonchev–Trinajstić information content (AvgIpc) is 2.82. The molecule has 3 aromatic heterocycles. The van der Waals surface area contributed by atoms with Gasteiger partial charge in [0.15, 0.2) is 0 Å². The molecule has 0 aliphatic heterocycles. The molecule has 3 nitrogen and oxygen atoms in total. The molecule has 4 aromatic rings. The van der Waals surface area contributed by atoms with E-state index in [1.807, 2.05) is 36.7 Å². The zero-order chi connectivity index (χ0) is 13.5. The standard InChI is InChI=1S/C17H13N3/c1-12-10-14-16-15(8-5-9-18-16)20(17(14)19-11-12)13-6-3-2-4-7-13/h2-11H,1H3. The fraction of sp³-hybridized carbons (Fsp3) is 0.0588. The summed E-state index contributed by atoms with van der Waals surface area (Å²) in [5.41, 5.74) is 5.30. The van der Waals surface area contributed by atoms with Crippen LogP contribution in [-0.4, -0.2) is 14.5 Å². The van der Waals surface area contributed by atoms with Gasteiger partial charge in [-0.1, -0.05) is 18.2 Å². The molecule has 0 amide bonds. The van der Waals surface area contributed by atoms with Gasteiger partial charge in [-0.25, -0.2) is 4.98 Å². The van der Waals surface area contributed by atoms with Gasteiger partial charge in [-0.3, -0.25) is 9.55 Å². The normalized spacial score (nSPS) is 11.2. The summed E-state index contributed by atoms with van der Waals surface area (Å²) < 4.78 is 2.16. The van der Waals surface area contributed by atoms with Crippen LogP contribution in [0.15, 0.2) is 60.9 Å². The number of aromatic nitrogens is 3. The Bertz CT molecular complexity index is 907. The quantitative estimate of drug-likeness (QED) is 0.519. The molecule has 0 fully saturated rings. The summed E-state index contributed by atoms with van der Waals surface area (Å²) in [5, 5.41) is 1.10. The van der Waals surface area contributed by atoms with E-state index in [-0.39, 0.29) is 0 Å². The first-order chi connectivity index (χ1) is 9.84. The molecular weight excluding hydrogens is 246 g/mol. The number of hydrogen-bond acceptors (Lipinski definition) is 2. The smallest absolute Gasteiger partial charge is 0.147 e. The SMILES string of the molecule is Cc1cnc2c(c1)c1ncccc1n2-c1ccccc1. The second-order valence-electron chi connectivity index (χ2n) is 4.93. The molecule has 0 radical (unpaired) electrons. The van der Waals surface area contributed by atoms with Crippen LogP contribution < -0.4 is 0 Å². The highest BCUT2D eigenvalue weighted by atomic mass is 15.1. The Labute approximate surface area is 116 Å². The molecule has 0 atom stereocenters. The maximum absolute atomic E-state index is 4.62. The van der Waals surface area contributed by atoms with E-state index >= 15 is 0 Å². The van der Waals surface area contributed by atoms with Gasteiger partial charge in [0.1, 0.15) is 5.65 Å². The molecule has 0 saturated carbocycles. The van der Waals surface area contributed by atoms with Crippen LogP contribution >= 0.6 is 0 Å². The Hall–Kier alpha value is -2.68. The lowest BCUT2D eigenvalue weighted by molar-refractivity contribution is 1.13. The van der Waals surface area contributed by atoms with Crippen LogP contribution in [0.1, 0.15) is 5.56 Å². The van der Waals surface area contributed by atoms with Crippen molar-refractivity contribution in [3.05, 3.63) is 66.5 Å². The monoisotopic (exact) mass is 259 g/mol. The van der Waals surface area contributed by atoms with Crippen LogP contribution in [0.4, 0.5) is 0 Å². The Balaban J connectivity index is 2.22. The molecular formula is C17H13N3. The number of hydrogen-bond donors (Lipinski definition) is 0. The first-order valence-electron chi connectivity index (χ1n) is 6.62. The van der Waals surface area contributed by atoms with E-state index in [9.17, 15) is 0 Å². The molecule has 3 heteroatoms. The summed E-state index contributed by atoms with van der Waals surface area (Å²) >= 11 is 0. The third-order valence-corrected chi connectivity index (χ3v) is 3.51. The zero-order valence-electron chi connectivity index (χ0n) is 11.1. The minimum absolute atomic E-state index is 0.954. The predicted molar refractivity (Wildman–Crippen MR) is 81.1 cm³/mol. The van der Waals surface area contributed by atoms with Crippen molar-refractivity contribution < 1.29 is 0 Å². The van der Waals surface area contributed by atoms with E-state index in [0.717, 1.165) is 33.3 Å². The van der Waals surface area contributed by atoms with Gasteiger partial charge in [0.05, 0.1) is 11.0 Å². The van der Waals surface area contributed by atoms with Gasteiger partial charge in [0, 0.05) is 23.5 Å². The minimum Gasteiger partial charge on any atom is -0.292 e.